The van der Waals surface area contributed by atoms with E-state index in [4.69, 9.17) is 16.3 Å². The van der Waals surface area contributed by atoms with Crippen molar-refractivity contribution in [1.29, 1.82) is 0 Å². The number of hydrogen-bond donors (Lipinski definition) is 1. The van der Waals surface area contributed by atoms with Crippen LogP contribution in [0, 0.1) is 0 Å². The number of aromatic amines is 1. The third-order valence-electron chi connectivity index (χ3n) is 4.00. The van der Waals surface area contributed by atoms with E-state index in [-0.39, 0.29) is 23.1 Å². The maximum atomic E-state index is 12.8. The first-order valence-corrected chi connectivity index (χ1v) is 9.40. The van der Waals surface area contributed by atoms with Crippen molar-refractivity contribution in [2.75, 3.05) is 0 Å². The van der Waals surface area contributed by atoms with Crippen LogP contribution in [0.5, 0.6) is 0 Å². The third-order valence-corrected chi connectivity index (χ3v) is 5.14. The van der Waals surface area contributed by atoms with E-state index < -0.39 is 17.2 Å². The first-order valence-electron chi connectivity index (χ1n) is 8.14. The molecule has 0 saturated carbocycles. The van der Waals surface area contributed by atoms with Crippen LogP contribution in [0.3, 0.4) is 0 Å². The molecule has 0 unspecified atom stereocenters. The summed E-state index contributed by atoms with van der Waals surface area (Å²) in [5.74, 6) is -0.596. The quantitative estimate of drug-likeness (QED) is 0.519. The largest absolute Gasteiger partial charge is 0.455 e. The Morgan fingerprint density at radius 3 is 2.68 bits per heavy atom. The number of H-pyrrole nitrogens is 1. The second-order valence-electron chi connectivity index (χ2n) is 5.81. The zero-order valence-electron chi connectivity index (χ0n) is 14.2. The number of aromatic nitrogens is 3. The lowest BCUT2D eigenvalue weighted by molar-refractivity contribution is 0.0472. The molecular formula is C19H12ClN3O4S. The summed E-state index contributed by atoms with van der Waals surface area (Å²) in [6.45, 7) is -0.0135. The van der Waals surface area contributed by atoms with E-state index in [0.29, 0.717) is 15.8 Å². The molecule has 0 amide bonds. The van der Waals surface area contributed by atoms with Crippen molar-refractivity contribution in [2.45, 2.75) is 6.61 Å². The molecule has 2 aromatic carbocycles. The number of carbonyl (C=O) groups is 1. The van der Waals surface area contributed by atoms with Gasteiger partial charge in [-0.15, -0.1) is 11.3 Å². The zero-order valence-corrected chi connectivity index (χ0v) is 15.8. The summed E-state index contributed by atoms with van der Waals surface area (Å²) < 4.78 is 6.25. The molecule has 0 aliphatic heterocycles. The Morgan fingerprint density at radius 1 is 1.18 bits per heavy atom. The van der Waals surface area contributed by atoms with Crippen molar-refractivity contribution in [3.8, 4) is 5.69 Å². The number of halogens is 1. The predicted octanol–water partition coefficient (Wildman–Crippen LogP) is 3.15. The summed E-state index contributed by atoms with van der Waals surface area (Å²) in [4.78, 5) is 44.1. The van der Waals surface area contributed by atoms with E-state index in [1.54, 1.807) is 35.7 Å². The van der Waals surface area contributed by atoms with Crippen molar-refractivity contribution in [3.63, 3.8) is 0 Å². The Bertz CT molecular complexity index is 1290. The highest BCUT2D eigenvalue weighted by molar-refractivity contribution is 7.10. The number of hydrogen-bond acceptors (Lipinski definition) is 6. The van der Waals surface area contributed by atoms with Crippen molar-refractivity contribution in [2.24, 2.45) is 0 Å². The Labute approximate surface area is 166 Å². The van der Waals surface area contributed by atoms with Gasteiger partial charge < -0.3 is 9.72 Å². The molecule has 2 heterocycles. The summed E-state index contributed by atoms with van der Waals surface area (Å²) in [5, 5.41) is 2.84. The lowest BCUT2D eigenvalue weighted by Gasteiger charge is -2.08. The molecule has 4 aromatic rings. The standard InChI is InChI=1S/C19H12ClN3O4S/c20-15-10-28-16(22-15)9-27-18(25)11-6-7-13-14(8-11)21-19(26)23(17(13)24)12-4-2-1-3-5-12/h1-8,10H,9H2,(H,21,26). The van der Waals surface area contributed by atoms with Crippen LogP contribution < -0.4 is 11.2 Å². The van der Waals surface area contributed by atoms with Gasteiger partial charge in [-0.3, -0.25) is 4.79 Å². The zero-order chi connectivity index (χ0) is 19.7. The highest BCUT2D eigenvalue weighted by atomic mass is 35.5. The molecule has 140 valence electrons. The van der Waals surface area contributed by atoms with Gasteiger partial charge >= 0.3 is 11.7 Å². The highest BCUT2D eigenvalue weighted by Gasteiger charge is 2.14. The fraction of sp³-hybridized carbons (Fsp3) is 0.0526. The number of nitrogens with one attached hydrogen (secondary N) is 1. The van der Waals surface area contributed by atoms with Crippen LogP contribution in [0.15, 0.2) is 63.5 Å². The first kappa shape index (κ1) is 18.1. The van der Waals surface area contributed by atoms with Gasteiger partial charge in [0, 0.05) is 5.38 Å². The molecule has 7 nitrogen and oxygen atoms in total. The van der Waals surface area contributed by atoms with Crippen LogP contribution in [0.2, 0.25) is 5.15 Å². The second kappa shape index (κ2) is 7.41. The average Bonchev–Trinajstić information content (AvgIpc) is 3.11. The third kappa shape index (κ3) is 3.47. The summed E-state index contributed by atoms with van der Waals surface area (Å²) in [7, 11) is 0. The molecule has 1 N–H and O–H groups in total. The van der Waals surface area contributed by atoms with Crippen LogP contribution >= 0.6 is 22.9 Å². The number of rotatable bonds is 4. The van der Waals surface area contributed by atoms with Gasteiger partial charge in [0.15, 0.2) is 0 Å². The fourth-order valence-corrected chi connectivity index (χ4v) is 3.57. The molecule has 0 radical (unpaired) electrons. The number of benzene rings is 2. The number of nitrogens with zero attached hydrogens (tertiary/aromatic N) is 2. The molecule has 0 spiro atoms. The van der Waals surface area contributed by atoms with Gasteiger partial charge in [0.05, 0.1) is 22.2 Å². The van der Waals surface area contributed by atoms with E-state index in [0.717, 1.165) is 4.57 Å². The molecular weight excluding hydrogens is 402 g/mol. The molecule has 4 rings (SSSR count). The van der Waals surface area contributed by atoms with Gasteiger partial charge in [-0.05, 0) is 30.3 Å². The van der Waals surface area contributed by atoms with Crippen LogP contribution in [-0.4, -0.2) is 20.5 Å². The number of para-hydroxylation sites is 1. The van der Waals surface area contributed by atoms with Gasteiger partial charge in [-0.2, -0.15) is 0 Å². The van der Waals surface area contributed by atoms with Crippen molar-refractivity contribution < 1.29 is 9.53 Å². The van der Waals surface area contributed by atoms with E-state index in [9.17, 15) is 14.4 Å². The Balaban J connectivity index is 1.67. The van der Waals surface area contributed by atoms with Crippen LogP contribution in [0.25, 0.3) is 16.6 Å². The Morgan fingerprint density at radius 2 is 1.96 bits per heavy atom. The molecule has 9 heteroatoms. The molecule has 0 saturated heterocycles. The summed E-state index contributed by atoms with van der Waals surface area (Å²) in [5.41, 5.74) is -0.133. The minimum atomic E-state index is -0.596. The van der Waals surface area contributed by atoms with Crippen molar-refractivity contribution in [3.05, 3.63) is 90.5 Å². The van der Waals surface area contributed by atoms with Gasteiger partial charge in [0.25, 0.3) is 5.56 Å². The number of fused-ring (bicyclic) bond motifs is 1. The van der Waals surface area contributed by atoms with Crippen LogP contribution in [0.4, 0.5) is 0 Å². The number of ether oxygens (including phenoxy) is 1. The number of carbonyl (C=O) groups excluding carboxylic acids is 1. The van der Waals surface area contributed by atoms with Crippen molar-refractivity contribution in [1.82, 2.24) is 14.5 Å². The lowest BCUT2D eigenvalue weighted by atomic mass is 10.1. The predicted molar refractivity (Wildman–Crippen MR) is 106 cm³/mol. The van der Waals surface area contributed by atoms with E-state index in [1.807, 2.05) is 0 Å². The monoisotopic (exact) mass is 413 g/mol. The molecule has 0 atom stereocenters. The maximum absolute atomic E-state index is 12.8. The second-order valence-corrected chi connectivity index (χ2v) is 7.14. The highest BCUT2D eigenvalue weighted by Crippen LogP contribution is 2.16. The minimum Gasteiger partial charge on any atom is -0.455 e. The normalized spacial score (nSPS) is 10.9. The fourth-order valence-electron chi connectivity index (χ4n) is 2.72. The van der Waals surface area contributed by atoms with E-state index >= 15 is 0 Å². The Kier molecular flexibility index (Phi) is 4.81. The number of thiazole rings is 1. The molecule has 0 bridgehead atoms. The molecule has 0 fully saturated rings. The topological polar surface area (TPSA) is 94.0 Å². The lowest BCUT2D eigenvalue weighted by Crippen LogP contribution is -2.33. The SMILES string of the molecule is O=C(OCc1nc(Cl)cs1)c1ccc2c(=O)n(-c3ccccc3)c(=O)[nH]c2c1. The van der Waals surface area contributed by atoms with Gasteiger partial charge in [0.2, 0.25) is 0 Å². The van der Waals surface area contributed by atoms with E-state index in [1.165, 1.54) is 29.5 Å². The summed E-state index contributed by atoms with van der Waals surface area (Å²) in [6, 6.07) is 13.0. The minimum absolute atomic E-state index is 0.0135. The van der Waals surface area contributed by atoms with Gasteiger partial charge in [0.1, 0.15) is 16.8 Å². The van der Waals surface area contributed by atoms with Crippen molar-refractivity contribution >= 4 is 39.8 Å². The summed E-state index contributed by atoms with van der Waals surface area (Å²) >= 11 is 7.02. The average molecular weight is 414 g/mol. The van der Waals surface area contributed by atoms with E-state index in [2.05, 4.69) is 9.97 Å². The smallest absolute Gasteiger partial charge is 0.338 e. The molecule has 28 heavy (non-hydrogen) atoms. The maximum Gasteiger partial charge on any atom is 0.338 e. The van der Waals surface area contributed by atoms with Crippen LogP contribution in [-0.2, 0) is 11.3 Å². The van der Waals surface area contributed by atoms with Crippen LogP contribution in [0.1, 0.15) is 15.4 Å². The van der Waals surface area contributed by atoms with Gasteiger partial charge in [-0.1, -0.05) is 29.8 Å². The molecule has 0 aliphatic rings. The Hall–Kier alpha value is -3.23. The molecule has 2 aromatic heterocycles. The number of esters is 1. The first-order chi connectivity index (χ1) is 13.5. The van der Waals surface area contributed by atoms with Gasteiger partial charge in [-0.25, -0.2) is 19.1 Å². The molecule has 0 aliphatic carbocycles. The summed E-state index contributed by atoms with van der Waals surface area (Å²) in [6.07, 6.45) is 0.